The number of aromatic hydroxyl groups is 1. The molecule has 1 aromatic carbocycles. The molecule has 0 aliphatic carbocycles. The van der Waals surface area contributed by atoms with Crippen molar-refractivity contribution in [3.8, 4) is 11.5 Å². The lowest BCUT2D eigenvalue weighted by atomic mass is 9.85. The van der Waals surface area contributed by atoms with Gasteiger partial charge in [0.2, 0.25) is 0 Å². The average Bonchev–Trinajstić information content (AvgIpc) is 2.72. The van der Waals surface area contributed by atoms with Crippen molar-refractivity contribution in [2.75, 3.05) is 0 Å². The molecular formula is C28H45F3O2. The monoisotopic (exact) mass is 470 g/mol. The van der Waals surface area contributed by atoms with Gasteiger partial charge in [-0.3, -0.25) is 0 Å². The van der Waals surface area contributed by atoms with Crippen molar-refractivity contribution >= 4 is 0 Å². The molecule has 33 heavy (non-hydrogen) atoms. The highest BCUT2D eigenvalue weighted by atomic mass is 19.4. The summed E-state index contributed by atoms with van der Waals surface area (Å²) >= 11 is 0. The van der Waals surface area contributed by atoms with Crippen LogP contribution >= 0.6 is 0 Å². The maximum Gasteiger partial charge on any atom is 0.391 e. The van der Waals surface area contributed by atoms with E-state index in [1.165, 1.54) is 19.8 Å². The van der Waals surface area contributed by atoms with Crippen molar-refractivity contribution in [2.24, 2.45) is 17.8 Å². The van der Waals surface area contributed by atoms with E-state index in [0.717, 1.165) is 67.4 Å². The number of alkyl halides is 3. The fourth-order valence-electron chi connectivity index (χ4n) is 5.01. The zero-order valence-electron chi connectivity index (χ0n) is 21.6. The molecule has 0 saturated carbocycles. The molecule has 0 spiro atoms. The van der Waals surface area contributed by atoms with Gasteiger partial charge in [-0.2, -0.15) is 13.2 Å². The van der Waals surface area contributed by atoms with E-state index in [2.05, 4.69) is 20.8 Å². The molecule has 4 atom stereocenters. The number of halogens is 3. The van der Waals surface area contributed by atoms with E-state index in [-0.39, 0.29) is 12.0 Å². The first-order valence-electron chi connectivity index (χ1n) is 12.9. The Morgan fingerprint density at radius 2 is 1.48 bits per heavy atom. The van der Waals surface area contributed by atoms with Crippen LogP contribution in [0.2, 0.25) is 0 Å². The van der Waals surface area contributed by atoms with E-state index in [1.807, 2.05) is 19.9 Å². The van der Waals surface area contributed by atoms with Crippen molar-refractivity contribution < 1.29 is 23.0 Å². The standard InChI is InChI=1S/C28H45F3O2/c1-19(12-8-14-21(3)28(29,30)31)10-7-11-20(2)13-9-16-27(6)17-15-24-18-25(32)22(4)23(5)26(24)33-27/h18-21,32H,7-17H2,1-6H3. The number of fused-ring (bicyclic) bond motifs is 1. The minimum absolute atomic E-state index is 0.150. The number of rotatable bonds is 12. The summed E-state index contributed by atoms with van der Waals surface area (Å²) < 4.78 is 44.3. The summed E-state index contributed by atoms with van der Waals surface area (Å²) in [6.45, 7) is 11.9. The van der Waals surface area contributed by atoms with Gasteiger partial charge in [0, 0.05) is 0 Å². The summed E-state index contributed by atoms with van der Waals surface area (Å²) in [5.41, 5.74) is 2.91. The largest absolute Gasteiger partial charge is 0.508 e. The summed E-state index contributed by atoms with van der Waals surface area (Å²) in [6.07, 6.45) is 6.44. The second-order valence-electron chi connectivity index (χ2n) is 11.1. The third kappa shape index (κ3) is 8.40. The van der Waals surface area contributed by atoms with Gasteiger partial charge >= 0.3 is 6.18 Å². The molecular weight excluding hydrogens is 425 g/mol. The molecule has 0 amide bonds. The molecule has 0 fully saturated rings. The zero-order chi connectivity index (χ0) is 24.8. The molecule has 0 bridgehead atoms. The molecule has 2 rings (SSSR count). The fraction of sp³-hybridized carbons (Fsp3) is 0.786. The molecule has 2 nitrogen and oxygen atoms in total. The molecule has 1 aliphatic heterocycles. The number of aryl methyl sites for hydroxylation is 1. The average molecular weight is 471 g/mol. The van der Waals surface area contributed by atoms with Gasteiger partial charge in [0.05, 0.1) is 5.92 Å². The van der Waals surface area contributed by atoms with E-state index in [1.54, 1.807) is 0 Å². The Bertz CT molecular complexity index is 758. The molecule has 1 N–H and O–H groups in total. The molecule has 1 aromatic rings. The first-order chi connectivity index (χ1) is 15.3. The number of benzene rings is 1. The Kier molecular flexibility index (Phi) is 9.99. The van der Waals surface area contributed by atoms with E-state index < -0.39 is 12.1 Å². The molecule has 0 radical (unpaired) electrons. The quantitative estimate of drug-likeness (QED) is 0.330. The zero-order valence-corrected chi connectivity index (χ0v) is 21.6. The third-order valence-electron chi connectivity index (χ3n) is 7.85. The highest BCUT2D eigenvalue weighted by molar-refractivity contribution is 5.53. The van der Waals surface area contributed by atoms with Crippen LogP contribution in [0.15, 0.2) is 6.07 Å². The van der Waals surface area contributed by atoms with Crippen molar-refractivity contribution in [1.29, 1.82) is 0 Å². The first-order valence-corrected chi connectivity index (χ1v) is 12.9. The van der Waals surface area contributed by atoms with E-state index in [4.69, 9.17) is 4.74 Å². The van der Waals surface area contributed by atoms with Crippen LogP contribution in [0.1, 0.15) is 109 Å². The van der Waals surface area contributed by atoms with Gasteiger partial charge in [0.25, 0.3) is 0 Å². The van der Waals surface area contributed by atoms with Gasteiger partial charge in [-0.15, -0.1) is 0 Å². The Labute approximate surface area is 199 Å². The second kappa shape index (κ2) is 11.8. The molecule has 0 aromatic heterocycles. The van der Waals surface area contributed by atoms with Gasteiger partial charge in [-0.1, -0.05) is 59.3 Å². The summed E-state index contributed by atoms with van der Waals surface area (Å²) in [5.74, 6) is 1.29. The summed E-state index contributed by atoms with van der Waals surface area (Å²) in [5, 5.41) is 10.1. The van der Waals surface area contributed by atoms with Gasteiger partial charge < -0.3 is 9.84 Å². The number of ether oxygens (including phenoxy) is 1. The van der Waals surface area contributed by atoms with E-state index in [0.29, 0.717) is 24.0 Å². The van der Waals surface area contributed by atoms with Crippen LogP contribution < -0.4 is 4.74 Å². The Hall–Kier alpha value is -1.39. The Morgan fingerprint density at radius 1 is 0.939 bits per heavy atom. The van der Waals surface area contributed by atoms with Gasteiger partial charge in [-0.25, -0.2) is 0 Å². The molecule has 1 heterocycles. The van der Waals surface area contributed by atoms with Crippen molar-refractivity contribution in [3.05, 3.63) is 22.8 Å². The molecule has 0 saturated heterocycles. The predicted molar refractivity (Wildman–Crippen MR) is 130 cm³/mol. The van der Waals surface area contributed by atoms with Crippen LogP contribution in [0.4, 0.5) is 13.2 Å². The summed E-state index contributed by atoms with van der Waals surface area (Å²) in [7, 11) is 0. The number of hydrogen-bond acceptors (Lipinski definition) is 2. The third-order valence-corrected chi connectivity index (χ3v) is 7.85. The SMILES string of the molecule is Cc1c(O)cc2c(c1C)OC(C)(CCCC(C)CCCC(C)CCCC(C)C(F)(F)F)CC2. The lowest BCUT2D eigenvalue weighted by Gasteiger charge is -2.37. The molecule has 190 valence electrons. The van der Waals surface area contributed by atoms with Crippen LogP contribution in [0.3, 0.4) is 0 Å². The maximum atomic E-state index is 12.6. The van der Waals surface area contributed by atoms with Crippen molar-refractivity contribution in [3.63, 3.8) is 0 Å². The summed E-state index contributed by atoms with van der Waals surface area (Å²) in [6, 6.07) is 1.86. The lowest BCUT2D eigenvalue weighted by molar-refractivity contribution is -0.171. The van der Waals surface area contributed by atoms with Crippen LogP contribution in [0, 0.1) is 31.6 Å². The summed E-state index contributed by atoms with van der Waals surface area (Å²) in [4.78, 5) is 0. The molecule has 1 aliphatic rings. The predicted octanol–water partition coefficient (Wildman–Crippen LogP) is 9.07. The van der Waals surface area contributed by atoms with Gasteiger partial charge in [-0.05, 0) is 87.5 Å². The van der Waals surface area contributed by atoms with Crippen molar-refractivity contribution in [2.45, 2.75) is 124 Å². The number of phenols is 1. The fourth-order valence-corrected chi connectivity index (χ4v) is 5.01. The van der Waals surface area contributed by atoms with Crippen LogP contribution in [0.5, 0.6) is 11.5 Å². The smallest absolute Gasteiger partial charge is 0.391 e. The maximum absolute atomic E-state index is 12.6. The Morgan fingerprint density at radius 3 is 2.06 bits per heavy atom. The van der Waals surface area contributed by atoms with Gasteiger partial charge in [0.1, 0.15) is 17.1 Å². The topological polar surface area (TPSA) is 29.5 Å². The Balaban J connectivity index is 1.65. The minimum Gasteiger partial charge on any atom is -0.508 e. The highest BCUT2D eigenvalue weighted by Gasteiger charge is 2.35. The minimum atomic E-state index is -4.05. The second-order valence-corrected chi connectivity index (χ2v) is 11.1. The van der Waals surface area contributed by atoms with E-state index in [9.17, 15) is 18.3 Å². The van der Waals surface area contributed by atoms with Crippen molar-refractivity contribution in [1.82, 2.24) is 0 Å². The number of hydrogen-bond donors (Lipinski definition) is 1. The lowest BCUT2D eigenvalue weighted by Crippen LogP contribution is -2.36. The van der Waals surface area contributed by atoms with Crippen LogP contribution in [-0.4, -0.2) is 16.9 Å². The molecule has 5 heteroatoms. The normalized spacial score (nSPS) is 21.2. The first kappa shape index (κ1) is 27.9. The highest BCUT2D eigenvalue weighted by Crippen LogP contribution is 2.42. The molecule has 4 unspecified atom stereocenters. The van der Waals surface area contributed by atoms with E-state index >= 15 is 0 Å². The van der Waals surface area contributed by atoms with Crippen LogP contribution in [-0.2, 0) is 6.42 Å². The van der Waals surface area contributed by atoms with Gasteiger partial charge in [0.15, 0.2) is 0 Å². The van der Waals surface area contributed by atoms with Crippen LogP contribution in [0.25, 0.3) is 0 Å². The number of phenolic OH excluding ortho intramolecular Hbond substituents is 1.